The molecule has 21 rings (SSSR count). The minimum atomic E-state index is -0.889. The number of aromatic nitrogens is 8. The van der Waals surface area contributed by atoms with Crippen LogP contribution in [0, 0.1) is 46.8 Å². The molecule has 5 fully saturated rings. The molecule has 29 nitrogen and oxygen atoms in total. The number of rotatable bonds is 22. The summed E-state index contributed by atoms with van der Waals surface area (Å²) in [5.74, 6) is -5.84. The molecule has 37 heteroatoms. The highest BCUT2D eigenvalue weighted by Gasteiger charge is 2.51. The lowest BCUT2D eigenvalue weighted by Crippen LogP contribution is -2.37. The van der Waals surface area contributed by atoms with Gasteiger partial charge in [-0.3, -0.25) is 19.2 Å². The minimum absolute atomic E-state index is 0.00373. The fourth-order valence-corrected chi connectivity index (χ4v) is 18.8. The van der Waals surface area contributed by atoms with E-state index in [1.807, 2.05) is 42.5 Å². The molecule has 710 valence electrons. The van der Waals surface area contributed by atoms with Crippen molar-refractivity contribution < 1.29 is 114 Å². The van der Waals surface area contributed by atoms with Crippen LogP contribution in [0.5, 0.6) is 23.5 Å². The van der Waals surface area contributed by atoms with E-state index in [1.54, 1.807) is 72.8 Å². The predicted octanol–water partition coefficient (Wildman–Crippen LogP) is 19.0. The van der Waals surface area contributed by atoms with E-state index in [4.69, 9.17) is 114 Å². The van der Waals surface area contributed by atoms with Gasteiger partial charge in [-0.15, -0.1) is 0 Å². The van der Waals surface area contributed by atoms with Crippen molar-refractivity contribution in [3.8, 4) is 79.7 Å². The number of fused-ring (bicyclic) bond motifs is 5. The van der Waals surface area contributed by atoms with Crippen molar-refractivity contribution in [1.82, 2.24) is 39.9 Å². The van der Waals surface area contributed by atoms with Crippen molar-refractivity contribution >= 4 is 126 Å². The lowest BCUT2D eigenvalue weighted by molar-refractivity contribution is -0.142. The standard InChI is InChI=1S/C27H23FN4O6.C25H23ClF2N2O5.C24H21ClF2N2O4.C24H23ClN2O4/c28-17-9-18-19(10-22(31-18)37-20-11-35-25-21(38-27(30)34)12-36-24(20)25)32-23(17)15-5-1-13(2-6-15)14-3-7-16(8-4-14)26(29)33;26-17-8-20-21(9-22(29-20)35-16-7-15(10-31)34-11-16)30-24(17)23-18(27)5-14(6-19(23)28)12-1-3-13(4-2-12)25(32)33;25-16-9-19-20(10-21(28-19)33-15-5-6-32-11-15)29-23(16)22-17(26)7-14(8-18(22)27)12-1-3-13(4-2-12)24(30)31;25-19-11-20-21(12-22(26-20)31-18-9-10-30-13-18)27-23(19)16-5-1-14(2-6-16)15-3-7-17(8-4-15)24(28)29/h1-10,20-21,24-25,31H,11-12H2,(H2,29,33)(H2,30,34);1,5-6,8-9,13,15-16,29,31H,2-4,7,10-11H2,(H,32,33);1,7-10,13,15,28H,2-6,11H2,(H,30,31);1-3,5-6,11-12,17-18,26H,4,7-10,13H2,(H,28,29)/t20-,21-,24-,25-;13?,15-,16-;13?,15-;17?,18-/m1000/s1. The number of carboxylic acid groups (broad SMARTS) is 3. The highest BCUT2D eigenvalue weighted by Crippen LogP contribution is 2.44. The first-order chi connectivity index (χ1) is 66.1. The predicted molar refractivity (Wildman–Crippen MR) is 498 cm³/mol. The third-order valence-electron chi connectivity index (χ3n) is 25.3. The first kappa shape index (κ1) is 94.1. The van der Waals surface area contributed by atoms with Gasteiger partial charge in [-0.2, -0.15) is 0 Å². The Bertz CT molecular complexity index is 6840. The maximum absolute atomic E-state index is 15.2. The number of H-pyrrole nitrogens is 4. The molecule has 5 saturated heterocycles. The molecule has 3 unspecified atom stereocenters. The van der Waals surface area contributed by atoms with E-state index < -0.39 is 95.2 Å². The molecule has 5 aromatic carbocycles. The Morgan fingerprint density at radius 3 is 1.18 bits per heavy atom. The maximum atomic E-state index is 15.2. The van der Waals surface area contributed by atoms with Crippen LogP contribution >= 0.6 is 34.8 Å². The van der Waals surface area contributed by atoms with Crippen molar-refractivity contribution in [1.29, 1.82) is 0 Å². The molecule has 12 N–H and O–H groups in total. The fraction of sp³-hybridized carbons (Fsp3) is 0.310. The number of hydrogen-bond acceptors (Lipinski definition) is 20. The molecule has 11 atom stereocenters. The van der Waals surface area contributed by atoms with Crippen LogP contribution in [0.4, 0.5) is 26.7 Å². The number of pyridine rings is 4. The van der Waals surface area contributed by atoms with E-state index in [2.05, 4.69) is 47.0 Å². The summed E-state index contributed by atoms with van der Waals surface area (Å²) in [7, 11) is 0. The molecule has 0 saturated carbocycles. The first-order valence-corrected chi connectivity index (χ1v) is 45.6. The minimum Gasteiger partial charge on any atom is -0.481 e. The number of aliphatic hydroxyl groups is 1. The number of nitrogens with one attached hydrogen (secondary N) is 4. The monoisotopic (exact) mass is 1930 g/mol. The molecule has 2 amide bonds. The van der Waals surface area contributed by atoms with Gasteiger partial charge in [0.15, 0.2) is 41.5 Å². The van der Waals surface area contributed by atoms with Gasteiger partial charge >= 0.3 is 24.0 Å². The summed E-state index contributed by atoms with van der Waals surface area (Å²) < 4.78 is 132. The molecule has 5 aliphatic heterocycles. The molecule has 8 aromatic heterocycles. The Hall–Kier alpha value is -13.3. The molecule has 0 bridgehead atoms. The van der Waals surface area contributed by atoms with Crippen LogP contribution in [0.2, 0.25) is 15.1 Å². The Morgan fingerprint density at radius 2 is 0.774 bits per heavy atom. The quantitative estimate of drug-likeness (QED) is 0.0282. The molecule has 0 radical (unpaired) electrons. The van der Waals surface area contributed by atoms with E-state index >= 15 is 22.0 Å². The summed E-state index contributed by atoms with van der Waals surface area (Å²) in [5, 5.41) is 37.4. The van der Waals surface area contributed by atoms with E-state index in [0.29, 0.717) is 174 Å². The number of carboxylic acids is 3. The number of aromatic amines is 4. The Kier molecular flexibility index (Phi) is 28.1. The number of allylic oxidation sites excluding steroid dienone is 6. The number of ether oxygens (including phenoxy) is 10. The molecular weight excluding hydrogens is 1850 g/mol. The zero-order valence-corrected chi connectivity index (χ0v) is 75.2. The summed E-state index contributed by atoms with van der Waals surface area (Å²) >= 11 is 19.3. The van der Waals surface area contributed by atoms with Gasteiger partial charge in [0.05, 0.1) is 164 Å². The third kappa shape index (κ3) is 21.3. The Morgan fingerprint density at radius 1 is 0.401 bits per heavy atom. The summed E-state index contributed by atoms with van der Waals surface area (Å²) in [6, 6.07) is 40.6. The van der Waals surface area contributed by atoms with Gasteiger partial charge in [0, 0.05) is 66.3 Å². The second kappa shape index (κ2) is 40.9. The molecule has 137 heavy (non-hydrogen) atoms. The smallest absolute Gasteiger partial charge is 0.404 e. The van der Waals surface area contributed by atoms with Crippen molar-refractivity contribution in [3.63, 3.8) is 0 Å². The zero-order chi connectivity index (χ0) is 95.6. The fourth-order valence-electron chi connectivity index (χ4n) is 18.0. The number of nitrogens with zero attached hydrogens (tertiary/aromatic N) is 4. The van der Waals surface area contributed by atoms with Gasteiger partial charge in [-0.1, -0.05) is 114 Å². The van der Waals surface area contributed by atoms with E-state index in [1.165, 1.54) is 42.0 Å². The molecule has 13 heterocycles. The highest BCUT2D eigenvalue weighted by molar-refractivity contribution is 6.34. The number of amides is 2. The van der Waals surface area contributed by atoms with Crippen molar-refractivity contribution in [2.75, 3.05) is 52.9 Å². The topological polar surface area (TPSA) is 425 Å². The number of nitrogens with two attached hydrogens (primary N) is 2. The van der Waals surface area contributed by atoms with Gasteiger partial charge < -0.3 is 99.2 Å². The maximum Gasteiger partial charge on any atom is 0.404 e. The summed E-state index contributed by atoms with van der Waals surface area (Å²) in [5.41, 5.74) is 23.6. The number of benzene rings is 5. The lowest BCUT2D eigenvalue weighted by Gasteiger charge is -2.19. The van der Waals surface area contributed by atoms with Gasteiger partial charge in [-0.25, -0.2) is 46.7 Å². The lowest BCUT2D eigenvalue weighted by atomic mass is 9.86. The van der Waals surface area contributed by atoms with Gasteiger partial charge in [0.1, 0.15) is 59.5 Å². The first-order valence-electron chi connectivity index (χ1n) is 44.5. The largest absolute Gasteiger partial charge is 0.481 e. The molecule has 3 aliphatic carbocycles. The Labute approximate surface area is 792 Å². The average molecular weight is 1940 g/mol. The van der Waals surface area contributed by atoms with Crippen LogP contribution in [-0.4, -0.2) is 192 Å². The molecular formula is C100H90Cl3F5N10O19. The number of primary amides is 2. The normalized spacial score (nSPS) is 21.7. The average Bonchev–Trinajstić information content (AvgIpc) is 1.46. The van der Waals surface area contributed by atoms with Crippen LogP contribution in [0.25, 0.3) is 117 Å². The van der Waals surface area contributed by atoms with E-state index in [0.717, 1.165) is 70.4 Å². The Balaban J connectivity index is 0.000000122. The van der Waals surface area contributed by atoms with Gasteiger partial charge in [-0.05, 0) is 157 Å². The number of halogens is 8. The zero-order valence-electron chi connectivity index (χ0n) is 73.0. The van der Waals surface area contributed by atoms with Gasteiger partial charge in [0.25, 0.3) is 0 Å². The van der Waals surface area contributed by atoms with Crippen molar-refractivity contribution in [2.45, 2.75) is 126 Å². The van der Waals surface area contributed by atoms with Crippen LogP contribution < -0.4 is 30.4 Å². The number of carbonyl (C=O) groups is 5. The second-order valence-electron chi connectivity index (χ2n) is 34.4. The number of hydrogen-bond donors (Lipinski definition) is 10. The van der Waals surface area contributed by atoms with Gasteiger partial charge in [0.2, 0.25) is 5.91 Å². The number of carbonyl (C=O) groups excluding carboxylic acids is 2. The third-order valence-corrected chi connectivity index (χ3v) is 26.2. The van der Waals surface area contributed by atoms with E-state index in [9.17, 15) is 29.1 Å². The molecule has 0 spiro atoms. The summed E-state index contributed by atoms with van der Waals surface area (Å²) in [4.78, 5) is 86.3. The number of aliphatic carboxylic acids is 3. The number of aliphatic hydroxyl groups excluding tert-OH is 1. The van der Waals surface area contributed by atoms with Crippen LogP contribution in [0.3, 0.4) is 0 Å². The van der Waals surface area contributed by atoms with Crippen LogP contribution in [0.15, 0.2) is 164 Å². The summed E-state index contributed by atoms with van der Waals surface area (Å²) in [6.45, 7) is 3.14. The molecule has 13 aromatic rings. The second-order valence-corrected chi connectivity index (χ2v) is 35.7. The summed E-state index contributed by atoms with van der Waals surface area (Å²) in [6.07, 6.45) is 8.82. The van der Waals surface area contributed by atoms with Crippen molar-refractivity contribution in [2.24, 2.45) is 29.2 Å². The molecule has 8 aliphatic rings. The van der Waals surface area contributed by atoms with Crippen molar-refractivity contribution in [3.05, 3.63) is 230 Å². The highest BCUT2D eigenvalue weighted by atomic mass is 35.5. The van der Waals surface area contributed by atoms with Crippen LogP contribution in [0.1, 0.15) is 104 Å². The SMILES string of the molecule is NC(=O)O[C@@H]1CO[C@H]2[C@@H]1OC[C@H]2Oc1cc2nc(-c3ccc(-c4ccc(C(N)=O)cc4)cc3)c(F)cc2[nH]1.O=C(O)C1CC=C(c2cc(F)c(-c3nc4cc(O[C@@H]5CO[C@H](CO)C5)[nH]c4cc3Cl)c(F)c2)CC1.O=C(O)C1CC=C(c2cc(F)c(-c3nc4cc(O[C@H]5CCOC5)[nH]c4cc3Cl)c(F)c2)CC1.O=C(O)C1CC=C(c2ccc(-c3nc4cc(O[C@H]5CCOC5)[nH]c4cc3Cl)cc2)CC1. The van der Waals surface area contributed by atoms with Crippen LogP contribution in [-0.2, 0) is 42.8 Å². The van der Waals surface area contributed by atoms with E-state index in [-0.39, 0.29) is 88.4 Å².